The molecular formula is C12H13ClO2. The Balaban J connectivity index is 2.21. The number of benzene rings is 1. The summed E-state index contributed by atoms with van der Waals surface area (Å²) in [7, 11) is 0. The number of aldehydes is 1. The normalized spacial score (nSPS) is 22.6. The molecule has 0 aromatic heterocycles. The molecule has 1 aliphatic heterocycles. The molecule has 0 aliphatic carbocycles. The molecule has 0 radical (unpaired) electrons. The van der Waals surface area contributed by atoms with E-state index in [1.807, 2.05) is 24.3 Å². The highest BCUT2D eigenvalue weighted by Gasteiger charge is 2.26. The third-order valence-electron chi connectivity index (χ3n) is 2.85. The second-order valence-corrected chi connectivity index (χ2v) is 4.28. The monoisotopic (exact) mass is 224 g/mol. The van der Waals surface area contributed by atoms with Crippen molar-refractivity contribution in [2.24, 2.45) is 5.92 Å². The van der Waals surface area contributed by atoms with Gasteiger partial charge in [0.15, 0.2) is 0 Å². The Morgan fingerprint density at radius 2 is 2.40 bits per heavy atom. The first kappa shape index (κ1) is 10.7. The van der Waals surface area contributed by atoms with Crippen molar-refractivity contribution in [3.8, 4) is 0 Å². The van der Waals surface area contributed by atoms with E-state index >= 15 is 0 Å². The van der Waals surface area contributed by atoms with Crippen molar-refractivity contribution < 1.29 is 9.53 Å². The van der Waals surface area contributed by atoms with Gasteiger partial charge in [-0.05, 0) is 30.0 Å². The van der Waals surface area contributed by atoms with Gasteiger partial charge in [-0.1, -0.05) is 23.7 Å². The highest BCUT2D eigenvalue weighted by Crippen LogP contribution is 2.30. The Hall–Kier alpha value is -0.860. The summed E-state index contributed by atoms with van der Waals surface area (Å²) in [6.07, 6.45) is 1.96. The first-order valence-corrected chi connectivity index (χ1v) is 5.47. The topological polar surface area (TPSA) is 26.3 Å². The minimum absolute atomic E-state index is 0.0776. The molecule has 1 heterocycles. The van der Waals surface area contributed by atoms with Crippen molar-refractivity contribution in [2.75, 3.05) is 13.2 Å². The Morgan fingerprint density at radius 1 is 1.53 bits per heavy atom. The molecule has 1 aliphatic rings. The fourth-order valence-electron chi connectivity index (χ4n) is 2.01. The van der Waals surface area contributed by atoms with Gasteiger partial charge in [-0.25, -0.2) is 0 Å². The van der Waals surface area contributed by atoms with Crippen LogP contribution < -0.4 is 0 Å². The standard InChI is InChI=1S/C12H13ClO2/c13-11-3-1-2-9(6-11)12(7-14)10-4-5-15-8-10/h1-3,6-7,10,12H,4-5,8H2. The molecule has 1 aromatic carbocycles. The second-order valence-electron chi connectivity index (χ2n) is 3.84. The number of halogens is 1. The summed E-state index contributed by atoms with van der Waals surface area (Å²) >= 11 is 5.91. The van der Waals surface area contributed by atoms with E-state index in [-0.39, 0.29) is 5.92 Å². The molecule has 2 unspecified atom stereocenters. The zero-order valence-electron chi connectivity index (χ0n) is 8.36. The van der Waals surface area contributed by atoms with Gasteiger partial charge < -0.3 is 9.53 Å². The zero-order chi connectivity index (χ0) is 10.7. The Morgan fingerprint density at radius 3 is 3.00 bits per heavy atom. The van der Waals surface area contributed by atoms with Gasteiger partial charge in [0.05, 0.1) is 6.61 Å². The van der Waals surface area contributed by atoms with Crippen molar-refractivity contribution in [2.45, 2.75) is 12.3 Å². The van der Waals surface area contributed by atoms with Crippen LogP contribution in [0.3, 0.4) is 0 Å². The zero-order valence-corrected chi connectivity index (χ0v) is 9.11. The molecule has 2 nitrogen and oxygen atoms in total. The van der Waals surface area contributed by atoms with Crippen LogP contribution in [-0.2, 0) is 9.53 Å². The van der Waals surface area contributed by atoms with Crippen LogP contribution in [0, 0.1) is 5.92 Å². The van der Waals surface area contributed by atoms with Gasteiger partial charge in [-0.15, -0.1) is 0 Å². The summed E-state index contributed by atoms with van der Waals surface area (Å²) in [6.45, 7) is 1.44. The van der Waals surface area contributed by atoms with Crippen LogP contribution in [0.4, 0.5) is 0 Å². The first-order valence-electron chi connectivity index (χ1n) is 5.10. The molecule has 2 atom stereocenters. The lowest BCUT2D eigenvalue weighted by Crippen LogP contribution is -2.14. The van der Waals surface area contributed by atoms with Crippen LogP contribution >= 0.6 is 11.6 Å². The first-order chi connectivity index (χ1) is 7.31. The number of rotatable bonds is 3. The number of ether oxygens (including phenoxy) is 1. The lowest BCUT2D eigenvalue weighted by molar-refractivity contribution is -0.110. The number of carbonyl (C=O) groups excluding carboxylic acids is 1. The lowest BCUT2D eigenvalue weighted by atomic mass is 9.87. The predicted molar refractivity (Wildman–Crippen MR) is 59.2 cm³/mol. The maximum absolute atomic E-state index is 11.1. The highest BCUT2D eigenvalue weighted by molar-refractivity contribution is 6.30. The van der Waals surface area contributed by atoms with E-state index in [1.165, 1.54) is 0 Å². The molecule has 0 N–H and O–H groups in total. The Labute approximate surface area is 94.2 Å². The average molecular weight is 225 g/mol. The molecule has 2 rings (SSSR count). The number of hydrogen-bond donors (Lipinski definition) is 0. The van der Waals surface area contributed by atoms with Crippen LogP contribution in [0.1, 0.15) is 17.9 Å². The van der Waals surface area contributed by atoms with E-state index in [0.717, 1.165) is 24.9 Å². The van der Waals surface area contributed by atoms with Crippen LogP contribution in [-0.4, -0.2) is 19.5 Å². The molecule has 0 amide bonds. The average Bonchev–Trinajstić information content (AvgIpc) is 2.72. The SMILES string of the molecule is O=CC(c1cccc(Cl)c1)C1CCOC1. The van der Waals surface area contributed by atoms with Gasteiger partial charge in [0.2, 0.25) is 0 Å². The molecule has 1 aromatic rings. The lowest BCUT2D eigenvalue weighted by Gasteiger charge is -2.16. The van der Waals surface area contributed by atoms with Crippen molar-refractivity contribution in [1.29, 1.82) is 0 Å². The molecule has 15 heavy (non-hydrogen) atoms. The summed E-state index contributed by atoms with van der Waals surface area (Å²) in [5.41, 5.74) is 0.994. The summed E-state index contributed by atoms with van der Waals surface area (Å²) in [5.74, 6) is 0.229. The van der Waals surface area contributed by atoms with Crippen LogP contribution in [0.15, 0.2) is 24.3 Å². The smallest absolute Gasteiger partial charge is 0.127 e. The molecule has 1 saturated heterocycles. The summed E-state index contributed by atoms with van der Waals surface area (Å²) < 4.78 is 5.30. The fraction of sp³-hybridized carbons (Fsp3) is 0.417. The quantitative estimate of drug-likeness (QED) is 0.738. The van der Waals surface area contributed by atoms with Crippen LogP contribution in [0.25, 0.3) is 0 Å². The Bertz CT molecular complexity index is 345. The van der Waals surface area contributed by atoms with E-state index < -0.39 is 0 Å². The van der Waals surface area contributed by atoms with Gasteiger partial charge in [0.25, 0.3) is 0 Å². The van der Waals surface area contributed by atoms with Gasteiger partial charge in [-0.2, -0.15) is 0 Å². The summed E-state index contributed by atoms with van der Waals surface area (Å²) in [6, 6.07) is 7.50. The van der Waals surface area contributed by atoms with Crippen LogP contribution in [0.2, 0.25) is 5.02 Å². The van der Waals surface area contributed by atoms with E-state index in [4.69, 9.17) is 16.3 Å². The molecule has 0 spiro atoms. The fourth-order valence-corrected chi connectivity index (χ4v) is 2.21. The molecule has 0 bridgehead atoms. The Kier molecular flexibility index (Phi) is 3.39. The van der Waals surface area contributed by atoms with Crippen molar-refractivity contribution in [1.82, 2.24) is 0 Å². The van der Waals surface area contributed by atoms with Crippen molar-refractivity contribution in [3.05, 3.63) is 34.9 Å². The molecular weight excluding hydrogens is 212 g/mol. The van der Waals surface area contributed by atoms with Gasteiger partial charge in [-0.3, -0.25) is 0 Å². The third kappa shape index (κ3) is 2.39. The number of carbonyl (C=O) groups is 1. The molecule has 3 heteroatoms. The van der Waals surface area contributed by atoms with Gasteiger partial charge >= 0.3 is 0 Å². The molecule has 1 fully saturated rings. The largest absolute Gasteiger partial charge is 0.381 e. The molecule has 80 valence electrons. The van der Waals surface area contributed by atoms with Crippen LogP contribution in [0.5, 0.6) is 0 Å². The van der Waals surface area contributed by atoms with E-state index in [1.54, 1.807) is 0 Å². The molecule has 0 saturated carbocycles. The minimum Gasteiger partial charge on any atom is -0.381 e. The summed E-state index contributed by atoms with van der Waals surface area (Å²) in [5, 5.41) is 0.679. The summed E-state index contributed by atoms with van der Waals surface area (Å²) in [4.78, 5) is 11.1. The predicted octanol–water partition coefficient (Wildman–Crippen LogP) is 2.66. The van der Waals surface area contributed by atoms with E-state index in [2.05, 4.69) is 0 Å². The van der Waals surface area contributed by atoms with Crippen molar-refractivity contribution >= 4 is 17.9 Å². The van der Waals surface area contributed by atoms with Crippen molar-refractivity contribution in [3.63, 3.8) is 0 Å². The maximum atomic E-state index is 11.1. The third-order valence-corrected chi connectivity index (χ3v) is 3.09. The maximum Gasteiger partial charge on any atom is 0.127 e. The number of hydrogen-bond acceptors (Lipinski definition) is 2. The second kappa shape index (κ2) is 4.77. The van der Waals surface area contributed by atoms with Gasteiger partial charge in [0, 0.05) is 17.5 Å². The minimum atomic E-state index is -0.0776. The van der Waals surface area contributed by atoms with Gasteiger partial charge in [0.1, 0.15) is 6.29 Å². The van der Waals surface area contributed by atoms with E-state index in [0.29, 0.717) is 17.5 Å². The highest BCUT2D eigenvalue weighted by atomic mass is 35.5. The van der Waals surface area contributed by atoms with E-state index in [9.17, 15) is 4.79 Å².